The molecule has 0 fully saturated rings. The fraction of sp³-hybridized carbons (Fsp3) is 0.222. The first-order valence-electron chi connectivity index (χ1n) is 4.22. The van der Waals surface area contributed by atoms with E-state index in [1.807, 2.05) is 0 Å². The maximum absolute atomic E-state index is 12.5. The van der Waals surface area contributed by atoms with Crippen molar-refractivity contribution < 1.29 is 26.3 Å². The lowest BCUT2D eigenvalue weighted by atomic mass is 10.0. The summed E-state index contributed by atoms with van der Waals surface area (Å²) in [6.07, 6.45) is -10.1. The van der Waals surface area contributed by atoms with Gasteiger partial charge in [0.05, 0.1) is 16.1 Å². The quantitative estimate of drug-likeness (QED) is 0.626. The van der Waals surface area contributed by atoms with Gasteiger partial charge in [-0.2, -0.15) is 26.3 Å². The standard InChI is InChI=1S/C9H4ClF6NS/c10-6-4(8(11,12)13)1-3(7(17)18)2-5(6)9(14,15)16/h1-2H,(H2,17,18). The van der Waals surface area contributed by atoms with Crippen molar-refractivity contribution in [3.8, 4) is 0 Å². The van der Waals surface area contributed by atoms with Gasteiger partial charge in [0.1, 0.15) is 4.99 Å². The van der Waals surface area contributed by atoms with Crippen molar-refractivity contribution >= 4 is 28.8 Å². The fourth-order valence-corrected chi connectivity index (χ4v) is 1.62. The third-order valence-corrected chi connectivity index (χ3v) is 2.61. The maximum Gasteiger partial charge on any atom is 0.417 e. The van der Waals surface area contributed by atoms with E-state index < -0.39 is 39.1 Å². The van der Waals surface area contributed by atoms with Crippen LogP contribution in [-0.2, 0) is 12.4 Å². The van der Waals surface area contributed by atoms with E-state index in [2.05, 4.69) is 12.2 Å². The number of benzene rings is 1. The van der Waals surface area contributed by atoms with Gasteiger partial charge in [0.15, 0.2) is 0 Å². The van der Waals surface area contributed by atoms with E-state index in [1.165, 1.54) is 0 Å². The van der Waals surface area contributed by atoms with Crippen LogP contribution in [0.1, 0.15) is 16.7 Å². The highest BCUT2D eigenvalue weighted by molar-refractivity contribution is 7.80. The molecule has 1 aromatic rings. The number of alkyl halides is 6. The van der Waals surface area contributed by atoms with Crippen LogP contribution in [0.2, 0.25) is 5.02 Å². The van der Waals surface area contributed by atoms with Crippen LogP contribution in [0.25, 0.3) is 0 Å². The van der Waals surface area contributed by atoms with Crippen molar-refractivity contribution in [2.45, 2.75) is 12.4 Å². The highest BCUT2D eigenvalue weighted by atomic mass is 35.5. The van der Waals surface area contributed by atoms with E-state index in [9.17, 15) is 26.3 Å². The molecule has 0 aliphatic heterocycles. The molecule has 0 aliphatic carbocycles. The third kappa shape index (κ3) is 3.05. The van der Waals surface area contributed by atoms with Crippen molar-refractivity contribution in [3.05, 3.63) is 33.8 Å². The van der Waals surface area contributed by atoms with Crippen molar-refractivity contribution in [1.82, 2.24) is 0 Å². The molecule has 1 nitrogen and oxygen atoms in total. The molecule has 100 valence electrons. The molecule has 1 rings (SSSR count). The molecule has 0 heterocycles. The van der Waals surface area contributed by atoms with E-state index >= 15 is 0 Å². The molecule has 0 saturated heterocycles. The Morgan fingerprint density at radius 3 is 1.56 bits per heavy atom. The number of hydrogen-bond donors (Lipinski definition) is 1. The highest BCUT2D eigenvalue weighted by Crippen LogP contribution is 2.42. The largest absolute Gasteiger partial charge is 0.417 e. The number of nitrogens with two attached hydrogens (primary N) is 1. The maximum atomic E-state index is 12.5. The smallest absolute Gasteiger partial charge is 0.389 e. The monoisotopic (exact) mass is 307 g/mol. The molecule has 18 heavy (non-hydrogen) atoms. The number of rotatable bonds is 1. The van der Waals surface area contributed by atoms with Gasteiger partial charge in [-0.3, -0.25) is 0 Å². The average molecular weight is 308 g/mol. The molecule has 0 unspecified atom stereocenters. The molecular formula is C9H4ClF6NS. The van der Waals surface area contributed by atoms with Crippen LogP contribution in [0.5, 0.6) is 0 Å². The summed E-state index contributed by atoms with van der Waals surface area (Å²) in [5.41, 5.74) is 1.25. The molecule has 0 saturated carbocycles. The van der Waals surface area contributed by atoms with Gasteiger partial charge in [-0.25, -0.2) is 0 Å². The number of halogens is 7. The normalized spacial score (nSPS) is 12.6. The Kier molecular flexibility index (Phi) is 3.83. The van der Waals surface area contributed by atoms with E-state index in [0.717, 1.165) is 0 Å². The summed E-state index contributed by atoms with van der Waals surface area (Å²) in [6, 6.07) is 0.778. The van der Waals surface area contributed by atoms with Gasteiger partial charge in [-0.05, 0) is 12.1 Å². The van der Waals surface area contributed by atoms with Crippen LogP contribution >= 0.6 is 23.8 Å². The predicted molar refractivity (Wildman–Crippen MR) is 57.3 cm³/mol. The molecule has 2 N–H and O–H groups in total. The number of hydrogen-bond acceptors (Lipinski definition) is 1. The number of thiocarbonyl (C=S) groups is 1. The van der Waals surface area contributed by atoms with Crippen molar-refractivity contribution in [3.63, 3.8) is 0 Å². The molecule has 0 atom stereocenters. The topological polar surface area (TPSA) is 26.0 Å². The SMILES string of the molecule is NC(=S)c1cc(C(F)(F)F)c(Cl)c(C(F)(F)F)c1. The minimum absolute atomic E-state index is 0.389. The van der Waals surface area contributed by atoms with Crippen LogP contribution < -0.4 is 5.73 Å². The van der Waals surface area contributed by atoms with Gasteiger partial charge in [-0.1, -0.05) is 23.8 Å². The first kappa shape index (κ1) is 15.0. The van der Waals surface area contributed by atoms with Crippen LogP contribution in [0.15, 0.2) is 12.1 Å². The fourth-order valence-electron chi connectivity index (χ4n) is 1.18. The highest BCUT2D eigenvalue weighted by Gasteiger charge is 2.41. The summed E-state index contributed by atoms with van der Waals surface area (Å²) in [6.45, 7) is 0. The van der Waals surface area contributed by atoms with E-state index in [4.69, 9.17) is 17.3 Å². The van der Waals surface area contributed by atoms with E-state index in [-0.39, 0.29) is 0 Å². The van der Waals surface area contributed by atoms with Crippen molar-refractivity contribution in [1.29, 1.82) is 0 Å². The third-order valence-electron chi connectivity index (χ3n) is 1.97. The molecule has 0 bridgehead atoms. The first-order chi connectivity index (χ1) is 7.94. The Bertz CT molecular complexity index is 458. The Labute approximate surface area is 108 Å². The van der Waals surface area contributed by atoms with Crippen LogP contribution in [-0.4, -0.2) is 4.99 Å². The summed E-state index contributed by atoms with van der Waals surface area (Å²) in [4.78, 5) is -0.581. The zero-order chi connectivity index (χ0) is 14.3. The van der Waals surface area contributed by atoms with Crippen LogP contribution in [0, 0.1) is 0 Å². The summed E-state index contributed by atoms with van der Waals surface area (Å²) < 4.78 is 75.1. The molecular weight excluding hydrogens is 304 g/mol. The van der Waals surface area contributed by atoms with Gasteiger partial charge in [-0.15, -0.1) is 0 Å². The lowest BCUT2D eigenvalue weighted by molar-refractivity contribution is -0.142. The Hall–Kier alpha value is -1.02. The molecule has 0 spiro atoms. The second-order valence-corrected chi connectivity index (χ2v) is 4.06. The zero-order valence-electron chi connectivity index (χ0n) is 8.29. The second-order valence-electron chi connectivity index (χ2n) is 3.25. The Morgan fingerprint density at radius 1 is 1.00 bits per heavy atom. The zero-order valence-corrected chi connectivity index (χ0v) is 9.86. The van der Waals surface area contributed by atoms with Gasteiger partial charge >= 0.3 is 12.4 Å². The summed E-state index contributed by atoms with van der Waals surface area (Å²) in [5.74, 6) is 0. The average Bonchev–Trinajstić information content (AvgIpc) is 2.13. The molecule has 0 amide bonds. The molecule has 9 heteroatoms. The lowest BCUT2D eigenvalue weighted by Gasteiger charge is -2.16. The molecule has 0 aliphatic rings. The van der Waals surface area contributed by atoms with Crippen molar-refractivity contribution in [2.75, 3.05) is 0 Å². The Morgan fingerprint density at radius 2 is 1.33 bits per heavy atom. The lowest BCUT2D eigenvalue weighted by Crippen LogP contribution is -2.17. The van der Waals surface area contributed by atoms with Gasteiger partial charge in [0, 0.05) is 5.56 Å². The van der Waals surface area contributed by atoms with E-state index in [1.54, 1.807) is 0 Å². The predicted octanol–water partition coefficient (Wildman–Crippen LogP) is 4.01. The van der Waals surface area contributed by atoms with Gasteiger partial charge < -0.3 is 5.73 Å². The summed E-state index contributed by atoms with van der Waals surface area (Å²) >= 11 is 9.50. The molecule has 0 radical (unpaired) electrons. The first-order valence-corrected chi connectivity index (χ1v) is 5.01. The minimum Gasteiger partial charge on any atom is -0.389 e. The van der Waals surface area contributed by atoms with Gasteiger partial charge in [0.25, 0.3) is 0 Å². The summed E-state index contributed by atoms with van der Waals surface area (Å²) in [5, 5.41) is -1.42. The second kappa shape index (κ2) is 4.58. The molecule has 1 aromatic carbocycles. The molecule has 0 aromatic heterocycles. The van der Waals surface area contributed by atoms with Crippen LogP contribution in [0.4, 0.5) is 26.3 Å². The van der Waals surface area contributed by atoms with Crippen LogP contribution in [0.3, 0.4) is 0 Å². The van der Waals surface area contributed by atoms with Crippen molar-refractivity contribution in [2.24, 2.45) is 5.73 Å². The Balaban J connectivity index is 3.64. The summed E-state index contributed by atoms with van der Waals surface area (Å²) in [7, 11) is 0. The van der Waals surface area contributed by atoms with E-state index in [0.29, 0.717) is 12.1 Å². The van der Waals surface area contributed by atoms with Gasteiger partial charge in [0.2, 0.25) is 0 Å². The minimum atomic E-state index is -5.03.